The molecule has 0 radical (unpaired) electrons. The van der Waals surface area contributed by atoms with Crippen LogP contribution in [0.3, 0.4) is 0 Å². The zero-order valence-corrected chi connectivity index (χ0v) is 22.1. The highest BCUT2D eigenvalue weighted by Gasteiger charge is 2.31. The van der Waals surface area contributed by atoms with Crippen molar-refractivity contribution in [2.45, 2.75) is 45.8 Å². The SMILES string of the molecule is CCCC(=O)Nc1ccc2c(c1)C(=O)N(C)C[C@H](OC)[C@H](C)CN(C(=O)c1ccccc1F)[C@@H](C)CO2. The first-order valence-corrected chi connectivity index (χ1v) is 12.6. The highest BCUT2D eigenvalue weighted by atomic mass is 19.1. The van der Waals surface area contributed by atoms with Crippen molar-refractivity contribution in [3.63, 3.8) is 0 Å². The molecule has 0 saturated carbocycles. The van der Waals surface area contributed by atoms with Gasteiger partial charge in [0.05, 0.1) is 23.3 Å². The van der Waals surface area contributed by atoms with E-state index < -0.39 is 17.8 Å². The van der Waals surface area contributed by atoms with Crippen LogP contribution in [-0.4, -0.2) is 73.5 Å². The second kappa shape index (κ2) is 12.7. The molecule has 1 aliphatic heterocycles. The van der Waals surface area contributed by atoms with Gasteiger partial charge in [0.25, 0.3) is 11.8 Å². The van der Waals surface area contributed by atoms with E-state index in [2.05, 4.69) is 5.32 Å². The van der Waals surface area contributed by atoms with E-state index in [4.69, 9.17) is 9.47 Å². The molecule has 0 aliphatic carbocycles. The predicted molar refractivity (Wildman–Crippen MR) is 139 cm³/mol. The van der Waals surface area contributed by atoms with E-state index in [9.17, 15) is 18.8 Å². The molecule has 200 valence electrons. The lowest BCUT2D eigenvalue weighted by Gasteiger charge is -2.36. The molecule has 1 N–H and O–H groups in total. The summed E-state index contributed by atoms with van der Waals surface area (Å²) in [5.74, 6) is -1.28. The maximum Gasteiger partial charge on any atom is 0.257 e. The standard InChI is InChI=1S/C28H36FN3O5/c1-6-9-26(33)30-20-12-13-24-22(14-20)27(34)31(4)16-25(36-5)18(2)15-32(19(3)17-37-24)28(35)21-10-7-8-11-23(21)29/h7-8,10-14,18-19,25H,6,9,15-17H2,1-5H3,(H,30,33)/t18-,19+,25+/m1/s1. The summed E-state index contributed by atoms with van der Waals surface area (Å²) in [5, 5.41) is 2.82. The van der Waals surface area contributed by atoms with Crippen LogP contribution in [0.5, 0.6) is 5.75 Å². The monoisotopic (exact) mass is 513 g/mol. The third-order valence-corrected chi connectivity index (χ3v) is 6.57. The molecular formula is C28H36FN3O5. The van der Waals surface area contributed by atoms with Crippen LogP contribution in [0.4, 0.5) is 10.1 Å². The number of halogens is 1. The van der Waals surface area contributed by atoms with E-state index in [1.165, 1.54) is 12.1 Å². The number of fused-ring (bicyclic) bond motifs is 1. The molecule has 9 heteroatoms. The van der Waals surface area contributed by atoms with E-state index >= 15 is 0 Å². The number of rotatable bonds is 5. The van der Waals surface area contributed by atoms with Crippen LogP contribution in [0.1, 0.15) is 54.3 Å². The number of carbonyl (C=O) groups is 3. The van der Waals surface area contributed by atoms with Gasteiger partial charge in [0.15, 0.2) is 0 Å². The van der Waals surface area contributed by atoms with E-state index in [1.54, 1.807) is 54.3 Å². The van der Waals surface area contributed by atoms with Gasteiger partial charge in [0, 0.05) is 45.3 Å². The molecule has 0 bridgehead atoms. The second-order valence-corrected chi connectivity index (χ2v) is 9.54. The van der Waals surface area contributed by atoms with Gasteiger partial charge in [-0.15, -0.1) is 0 Å². The number of benzene rings is 2. The molecule has 1 heterocycles. The van der Waals surface area contributed by atoms with E-state index in [-0.39, 0.29) is 49.1 Å². The van der Waals surface area contributed by atoms with Gasteiger partial charge in [0.1, 0.15) is 18.2 Å². The fourth-order valence-electron chi connectivity index (χ4n) is 4.38. The molecule has 3 amide bonds. The van der Waals surface area contributed by atoms with Crippen LogP contribution in [0.25, 0.3) is 0 Å². The molecule has 0 spiro atoms. The average Bonchev–Trinajstić information content (AvgIpc) is 2.88. The maximum absolute atomic E-state index is 14.5. The van der Waals surface area contributed by atoms with Gasteiger partial charge in [-0.05, 0) is 43.7 Å². The first-order valence-electron chi connectivity index (χ1n) is 12.6. The molecule has 3 rings (SSSR count). The fourth-order valence-corrected chi connectivity index (χ4v) is 4.38. The van der Waals surface area contributed by atoms with Crippen molar-refractivity contribution in [1.82, 2.24) is 9.80 Å². The first-order chi connectivity index (χ1) is 17.7. The van der Waals surface area contributed by atoms with E-state index in [1.807, 2.05) is 20.8 Å². The molecule has 2 aromatic carbocycles. The Balaban J connectivity index is 1.98. The Morgan fingerprint density at radius 1 is 1.16 bits per heavy atom. The number of ether oxygens (including phenoxy) is 2. The van der Waals surface area contributed by atoms with Gasteiger partial charge >= 0.3 is 0 Å². The van der Waals surface area contributed by atoms with Gasteiger partial charge in [-0.2, -0.15) is 0 Å². The van der Waals surface area contributed by atoms with Gasteiger partial charge in [-0.1, -0.05) is 26.0 Å². The quantitative estimate of drug-likeness (QED) is 0.647. The molecule has 3 atom stereocenters. The number of anilines is 1. The third kappa shape index (κ3) is 6.85. The Hall–Kier alpha value is -3.46. The molecule has 0 aromatic heterocycles. The zero-order valence-electron chi connectivity index (χ0n) is 22.1. The Labute approximate surface area is 217 Å². The van der Waals surface area contributed by atoms with Gasteiger partial charge < -0.3 is 24.6 Å². The van der Waals surface area contributed by atoms with Crippen LogP contribution >= 0.6 is 0 Å². The lowest BCUT2D eigenvalue weighted by molar-refractivity contribution is -0.116. The number of hydrogen-bond acceptors (Lipinski definition) is 5. The minimum Gasteiger partial charge on any atom is -0.491 e. The van der Waals surface area contributed by atoms with E-state index in [0.29, 0.717) is 29.8 Å². The Kier molecular flexibility index (Phi) is 9.63. The number of nitrogens with zero attached hydrogens (tertiary/aromatic N) is 2. The summed E-state index contributed by atoms with van der Waals surface area (Å²) in [6.07, 6.45) is 0.699. The number of hydrogen-bond donors (Lipinski definition) is 1. The van der Waals surface area contributed by atoms with Crippen molar-refractivity contribution < 1.29 is 28.2 Å². The fraction of sp³-hybridized carbons (Fsp3) is 0.464. The molecule has 2 aromatic rings. The second-order valence-electron chi connectivity index (χ2n) is 9.54. The van der Waals surface area contributed by atoms with Gasteiger partial charge in [-0.25, -0.2) is 4.39 Å². The largest absolute Gasteiger partial charge is 0.491 e. The Morgan fingerprint density at radius 3 is 2.57 bits per heavy atom. The number of amides is 3. The smallest absolute Gasteiger partial charge is 0.257 e. The lowest BCUT2D eigenvalue weighted by atomic mass is 10.0. The van der Waals surface area contributed by atoms with Crippen LogP contribution < -0.4 is 10.1 Å². The predicted octanol–water partition coefficient (Wildman–Crippen LogP) is 4.21. The van der Waals surface area contributed by atoms with Crippen molar-refractivity contribution in [3.05, 3.63) is 59.4 Å². The van der Waals surface area contributed by atoms with Crippen molar-refractivity contribution in [2.75, 3.05) is 39.2 Å². The van der Waals surface area contributed by atoms with Crippen LogP contribution in [0.2, 0.25) is 0 Å². The summed E-state index contributed by atoms with van der Waals surface area (Å²) in [6.45, 7) is 6.30. The number of carbonyl (C=O) groups excluding carboxylic acids is 3. The summed E-state index contributed by atoms with van der Waals surface area (Å²) >= 11 is 0. The van der Waals surface area contributed by atoms with E-state index in [0.717, 1.165) is 0 Å². The molecule has 0 fully saturated rings. The lowest BCUT2D eigenvalue weighted by Crippen LogP contribution is -2.48. The average molecular weight is 514 g/mol. The Morgan fingerprint density at radius 2 is 1.89 bits per heavy atom. The Bertz CT molecular complexity index is 1120. The van der Waals surface area contributed by atoms with Gasteiger partial charge in [-0.3, -0.25) is 14.4 Å². The van der Waals surface area contributed by atoms with Crippen molar-refractivity contribution >= 4 is 23.4 Å². The normalized spacial score (nSPS) is 20.8. The minimum absolute atomic E-state index is 0.0113. The van der Waals surface area contributed by atoms with Crippen molar-refractivity contribution in [1.29, 1.82) is 0 Å². The molecule has 37 heavy (non-hydrogen) atoms. The molecule has 1 aliphatic rings. The topological polar surface area (TPSA) is 88.2 Å². The third-order valence-electron chi connectivity index (χ3n) is 6.57. The van der Waals surface area contributed by atoms with Gasteiger partial charge in [0.2, 0.25) is 5.91 Å². The number of nitrogens with one attached hydrogen (secondary N) is 1. The molecule has 0 unspecified atom stereocenters. The zero-order chi connectivity index (χ0) is 27.1. The van der Waals surface area contributed by atoms with Crippen LogP contribution in [-0.2, 0) is 9.53 Å². The number of methoxy groups -OCH3 is 1. The number of likely N-dealkylation sites (N-methyl/N-ethyl adjacent to an activating group) is 1. The highest BCUT2D eigenvalue weighted by molar-refractivity contribution is 5.99. The first kappa shape index (κ1) is 28.1. The molecule has 0 saturated heterocycles. The highest BCUT2D eigenvalue weighted by Crippen LogP contribution is 2.27. The maximum atomic E-state index is 14.5. The molecular weight excluding hydrogens is 477 g/mol. The molecule has 8 nitrogen and oxygen atoms in total. The van der Waals surface area contributed by atoms with Crippen LogP contribution in [0.15, 0.2) is 42.5 Å². The summed E-state index contributed by atoms with van der Waals surface area (Å²) in [4.78, 5) is 42.1. The van der Waals surface area contributed by atoms with Crippen molar-refractivity contribution in [2.24, 2.45) is 5.92 Å². The van der Waals surface area contributed by atoms with Crippen molar-refractivity contribution in [3.8, 4) is 5.75 Å². The summed E-state index contributed by atoms with van der Waals surface area (Å²) < 4.78 is 26.3. The minimum atomic E-state index is -0.587. The van der Waals surface area contributed by atoms with Crippen LogP contribution in [0, 0.1) is 11.7 Å². The summed E-state index contributed by atoms with van der Waals surface area (Å²) in [5.41, 5.74) is 0.775. The summed E-state index contributed by atoms with van der Waals surface area (Å²) in [7, 11) is 3.24. The summed E-state index contributed by atoms with van der Waals surface area (Å²) in [6, 6.07) is 10.4.